The molecule has 0 spiro atoms. The first kappa shape index (κ1) is 8.75. The van der Waals surface area contributed by atoms with Gasteiger partial charge in [-0.3, -0.25) is 9.52 Å². The van der Waals surface area contributed by atoms with Crippen molar-refractivity contribution in [2.45, 2.75) is 0 Å². The second-order valence-corrected chi connectivity index (χ2v) is 3.38. The Hall–Kier alpha value is -1.34. The number of hydrogen-bond donors (Lipinski definition) is 3. The summed E-state index contributed by atoms with van der Waals surface area (Å²) in [4.78, 5) is 12.8. The first-order valence-corrected chi connectivity index (χ1v) is 4.51. The molecule has 6 nitrogen and oxygen atoms in total. The van der Waals surface area contributed by atoms with Crippen LogP contribution in [0.15, 0.2) is 23.1 Å². The molecule has 1 aromatic heterocycles. The number of hydrogen-bond acceptors (Lipinski definition) is 3. The molecule has 0 aliphatic heterocycles. The fraction of sp³-hybridized carbons (Fsp3) is 0. The predicted octanol–water partition coefficient (Wildman–Crippen LogP) is -1.01. The second-order valence-electron chi connectivity index (χ2n) is 2.09. The standard InChI is InChI=1S/C5H7N3O3S/c6-12(10,11)8-4-1-2-5(9)7-3-4/h1-3,8H,(H,7,9)(H2,6,10,11). The van der Waals surface area contributed by atoms with Crippen LogP contribution in [0.1, 0.15) is 0 Å². The van der Waals surface area contributed by atoms with Crippen molar-refractivity contribution in [1.29, 1.82) is 0 Å². The number of H-pyrrole nitrogens is 1. The van der Waals surface area contributed by atoms with E-state index in [0.29, 0.717) is 0 Å². The van der Waals surface area contributed by atoms with Gasteiger partial charge in [-0.1, -0.05) is 0 Å². The largest absolute Gasteiger partial charge is 0.327 e. The summed E-state index contributed by atoms with van der Waals surface area (Å²) in [7, 11) is -3.76. The summed E-state index contributed by atoms with van der Waals surface area (Å²) in [5.41, 5.74) is -0.0907. The van der Waals surface area contributed by atoms with Crippen LogP contribution in [-0.4, -0.2) is 13.4 Å². The molecule has 1 heterocycles. The van der Waals surface area contributed by atoms with Crippen LogP contribution < -0.4 is 15.4 Å². The molecule has 0 saturated heterocycles. The molecule has 0 amide bonds. The van der Waals surface area contributed by atoms with E-state index in [0.717, 1.165) is 0 Å². The number of nitrogens with one attached hydrogen (secondary N) is 2. The van der Waals surface area contributed by atoms with Gasteiger partial charge in [0, 0.05) is 12.3 Å². The van der Waals surface area contributed by atoms with Crippen LogP contribution in [0.2, 0.25) is 0 Å². The molecule has 0 aliphatic rings. The average Bonchev–Trinajstić information content (AvgIpc) is 1.91. The summed E-state index contributed by atoms with van der Waals surface area (Å²) in [6.45, 7) is 0. The molecule has 12 heavy (non-hydrogen) atoms. The third kappa shape index (κ3) is 2.72. The second kappa shape index (κ2) is 2.95. The number of aromatic amines is 1. The van der Waals surface area contributed by atoms with Gasteiger partial charge in [0.25, 0.3) is 10.2 Å². The van der Waals surface area contributed by atoms with Gasteiger partial charge in [-0.15, -0.1) is 0 Å². The van der Waals surface area contributed by atoms with E-state index in [9.17, 15) is 13.2 Å². The Labute approximate surface area is 68.6 Å². The first-order chi connectivity index (χ1) is 5.47. The Morgan fingerprint density at radius 1 is 1.42 bits per heavy atom. The van der Waals surface area contributed by atoms with Crippen LogP contribution in [0.3, 0.4) is 0 Å². The van der Waals surface area contributed by atoms with E-state index in [1.807, 2.05) is 4.72 Å². The molecule has 0 saturated carbocycles. The van der Waals surface area contributed by atoms with Crippen molar-refractivity contribution in [3.05, 3.63) is 28.7 Å². The normalized spacial score (nSPS) is 11.1. The third-order valence-electron chi connectivity index (χ3n) is 1.04. The van der Waals surface area contributed by atoms with E-state index in [1.165, 1.54) is 18.3 Å². The highest BCUT2D eigenvalue weighted by Crippen LogP contribution is 2.00. The molecule has 4 N–H and O–H groups in total. The van der Waals surface area contributed by atoms with Crippen molar-refractivity contribution >= 4 is 15.9 Å². The highest BCUT2D eigenvalue weighted by molar-refractivity contribution is 7.90. The molecule has 1 rings (SSSR count). The molecular formula is C5H7N3O3S. The van der Waals surface area contributed by atoms with Crippen LogP contribution in [0.4, 0.5) is 5.69 Å². The molecule has 0 radical (unpaired) electrons. The SMILES string of the molecule is NS(=O)(=O)Nc1ccc(=O)[nH]c1. The molecule has 0 fully saturated rings. The maximum Gasteiger partial charge on any atom is 0.296 e. The number of anilines is 1. The van der Waals surface area contributed by atoms with Crippen LogP contribution >= 0.6 is 0 Å². The molecule has 0 bridgehead atoms. The average molecular weight is 189 g/mol. The van der Waals surface area contributed by atoms with Gasteiger partial charge >= 0.3 is 0 Å². The summed E-state index contributed by atoms with van der Waals surface area (Å²) < 4.78 is 22.9. The van der Waals surface area contributed by atoms with Gasteiger partial charge < -0.3 is 4.98 Å². The van der Waals surface area contributed by atoms with Crippen molar-refractivity contribution in [3.8, 4) is 0 Å². The fourth-order valence-corrected chi connectivity index (χ4v) is 1.09. The van der Waals surface area contributed by atoms with E-state index in [4.69, 9.17) is 0 Å². The Bertz CT molecular complexity index is 401. The van der Waals surface area contributed by atoms with Crippen molar-refractivity contribution in [2.75, 3.05) is 4.72 Å². The van der Waals surface area contributed by atoms with Gasteiger partial charge in [-0.05, 0) is 6.07 Å². The zero-order chi connectivity index (χ0) is 9.19. The Kier molecular flexibility index (Phi) is 2.15. The van der Waals surface area contributed by atoms with Gasteiger partial charge in [-0.2, -0.15) is 8.42 Å². The van der Waals surface area contributed by atoms with Gasteiger partial charge in [0.15, 0.2) is 0 Å². The Morgan fingerprint density at radius 3 is 2.50 bits per heavy atom. The summed E-state index contributed by atoms with van der Waals surface area (Å²) in [5, 5.41) is 4.67. The summed E-state index contributed by atoms with van der Waals surface area (Å²) >= 11 is 0. The molecule has 0 unspecified atom stereocenters. The summed E-state index contributed by atoms with van der Waals surface area (Å²) in [6, 6.07) is 2.50. The number of nitrogens with two attached hydrogens (primary N) is 1. The maximum atomic E-state index is 10.5. The lowest BCUT2D eigenvalue weighted by atomic mass is 10.4. The Morgan fingerprint density at radius 2 is 2.08 bits per heavy atom. The van der Waals surface area contributed by atoms with E-state index in [2.05, 4.69) is 10.1 Å². The van der Waals surface area contributed by atoms with Crippen molar-refractivity contribution in [3.63, 3.8) is 0 Å². The lowest BCUT2D eigenvalue weighted by Crippen LogP contribution is -2.22. The molecule has 0 aromatic carbocycles. The minimum atomic E-state index is -3.76. The first-order valence-electron chi connectivity index (χ1n) is 2.97. The number of pyridine rings is 1. The van der Waals surface area contributed by atoms with Crippen LogP contribution in [-0.2, 0) is 10.2 Å². The fourth-order valence-electron chi connectivity index (χ4n) is 0.638. The molecular weight excluding hydrogens is 182 g/mol. The van der Waals surface area contributed by atoms with Crippen LogP contribution in [0.25, 0.3) is 0 Å². The van der Waals surface area contributed by atoms with Crippen LogP contribution in [0, 0.1) is 0 Å². The number of rotatable bonds is 2. The smallest absolute Gasteiger partial charge is 0.296 e. The van der Waals surface area contributed by atoms with E-state index in [1.54, 1.807) is 0 Å². The van der Waals surface area contributed by atoms with Crippen molar-refractivity contribution in [2.24, 2.45) is 5.14 Å². The van der Waals surface area contributed by atoms with Gasteiger partial charge in [-0.25, -0.2) is 5.14 Å². The zero-order valence-corrected chi connectivity index (χ0v) is 6.76. The van der Waals surface area contributed by atoms with Gasteiger partial charge in [0.1, 0.15) is 0 Å². The molecule has 0 aliphatic carbocycles. The summed E-state index contributed by atoms with van der Waals surface area (Å²) in [5.74, 6) is 0. The highest BCUT2D eigenvalue weighted by Gasteiger charge is 2.00. The lowest BCUT2D eigenvalue weighted by molar-refractivity contribution is 0.603. The van der Waals surface area contributed by atoms with E-state index >= 15 is 0 Å². The van der Waals surface area contributed by atoms with Crippen molar-refractivity contribution in [1.82, 2.24) is 4.98 Å². The zero-order valence-electron chi connectivity index (χ0n) is 5.94. The van der Waals surface area contributed by atoms with Gasteiger partial charge in [0.2, 0.25) is 5.56 Å². The number of aromatic nitrogens is 1. The minimum absolute atomic E-state index is 0.220. The van der Waals surface area contributed by atoms with E-state index < -0.39 is 10.2 Å². The highest BCUT2D eigenvalue weighted by atomic mass is 32.2. The maximum absolute atomic E-state index is 10.5. The molecule has 7 heteroatoms. The minimum Gasteiger partial charge on any atom is -0.327 e. The predicted molar refractivity (Wildman–Crippen MR) is 43.8 cm³/mol. The topological polar surface area (TPSA) is 105 Å². The third-order valence-corrected chi connectivity index (χ3v) is 1.56. The molecule has 0 atom stereocenters. The Balaban J connectivity index is 2.93. The van der Waals surface area contributed by atoms with Gasteiger partial charge in [0.05, 0.1) is 5.69 Å². The monoisotopic (exact) mass is 189 g/mol. The van der Waals surface area contributed by atoms with Crippen LogP contribution in [0.5, 0.6) is 0 Å². The molecule has 66 valence electrons. The van der Waals surface area contributed by atoms with Crippen molar-refractivity contribution < 1.29 is 8.42 Å². The summed E-state index contributed by atoms with van der Waals surface area (Å²) in [6.07, 6.45) is 1.22. The quantitative estimate of drug-likeness (QED) is 0.555. The lowest BCUT2D eigenvalue weighted by Gasteiger charge is -2.00. The van der Waals surface area contributed by atoms with E-state index in [-0.39, 0.29) is 11.2 Å². The molecule has 1 aromatic rings.